The Bertz CT molecular complexity index is 515. The smallest absolute Gasteiger partial charge is 0.163 e. The van der Waals surface area contributed by atoms with E-state index in [-0.39, 0.29) is 5.78 Å². The monoisotopic (exact) mass is 254 g/mol. The third-order valence-electron chi connectivity index (χ3n) is 2.93. The van der Waals surface area contributed by atoms with E-state index in [4.69, 9.17) is 4.74 Å². The summed E-state index contributed by atoms with van der Waals surface area (Å²) in [6, 6.07) is 17.4. The van der Waals surface area contributed by atoms with Crippen molar-refractivity contribution in [3.05, 3.63) is 65.7 Å². The molecule has 2 nitrogen and oxygen atoms in total. The van der Waals surface area contributed by atoms with E-state index in [0.717, 1.165) is 17.7 Å². The molecule has 0 amide bonds. The summed E-state index contributed by atoms with van der Waals surface area (Å²) in [4.78, 5) is 11.9. The number of ketones is 1. The molecule has 0 bridgehead atoms. The molecule has 0 aliphatic carbocycles. The summed E-state index contributed by atoms with van der Waals surface area (Å²) in [5, 5.41) is 0. The van der Waals surface area contributed by atoms with E-state index in [0.29, 0.717) is 13.0 Å². The normalized spacial score (nSPS) is 10.2. The summed E-state index contributed by atoms with van der Waals surface area (Å²) >= 11 is 0. The van der Waals surface area contributed by atoms with Crippen molar-refractivity contribution in [3.8, 4) is 5.75 Å². The van der Waals surface area contributed by atoms with Crippen LogP contribution in [0.2, 0.25) is 0 Å². The highest BCUT2D eigenvalue weighted by Crippen LogP contribution is 2.11. The number of para-hydroxylation sites is 1. The van der Waals surface area contributed by atoms with Crippen LogP contribution in [0.3, 0.4) is 0 Å². The second kappa shape index (κ2) is 6.74. The van der Waals surface area contributed by atoms with Gasteiger partial charge in [-0.05, 0) is 25.5 Å². The number of Topliss-reactive ketones (excluding diaryl/α,β-unsaturated/α-hetero) is 1. The molecule has 2 rings (SSSR count). The number of benzene rings is 2. The molecule has 0 aliphatic rings. The third kappa shape index (κ3) is 4.25. The van der Waals surface area contributed by atoms with Crippen molar-refractivity contribution >= 4 is 5.78 Å². The molecule has 2 heteroatoms. The van der Waals surface area contributed by atoms with Crippen molar-refractivity contribution in [1.82, 2.24) is 0 Å². The quantitative estimate of drug-likeness (QED) is 0.574. The van der Waals surface area contributed by atoms with Crippen LogP contribution in [0.5, 0.6) is 5.75 Å². The van der Waals surface area contributed by atoms with Crippen LogP contribution in [0.4, 0.5) is 0 Å². The molecule has 0 unspecified atom stereocenters. The van der Waals surface area contributed by atoms with Gasteiger partial charge in [-0.25, -0.2) is 0 Å². The maximum atomic E-state index is 11.9. The van der Waals surface area contributed by atoms with E-state index in [9.17, 15) is 4.79 Å². The first-order valence-electron chi connectivity index (χ1n) is 6.53. The van der Waals surface area contributed by atoms with E-state index >= 15 is 0 Å². The minimum absolute atomic E-state index is 0.177. The highest BCUT2D eigenvalue weighted by atomic mass is 16.5. The van der Waals surface area contributed by atoms with Gasteiger partial charge in [-0.2, -0.15) is 0 Å². The van der Waals surface area contributed by atoms with Gasteiger partial charge in [0.15, 0.2) is 5.78 Å². The van der Waals surface area contributed by atoms with Crippen LogP contribution in [0.1, 0.15) is 28.8 Å². The van der Waals surface area contributed by atoms with Crippen molar-refractivity contribution in [1.29, 1.82) is 0 Å². The van der Waals surface area contributed by atoms with Gasteiger partial charge in [0.25, 0.3) is 0 Å². The Morgan fingerprint density at radius 2 is 1.68 bits per heavy atom. The number of rotatable bonds is 6. The van der Waals surface area contributed by atoms with E-state index in [1.54, 1.807) is 0 Å². The van der Waals surface area contributed by atoms with Gasteiger partial charge in [0.1, 0.15) is 5.75 Å². The van der Waals surface area contributed by atoms with Crippen LogP contribution in [0.25, 0.3) is 0 Å². The summed E-state index contributed by atoms with van der Waals surface area (Å²) in [5.41, 5.74) is 1.95. The van der Waals surface area contributed by atoms with E-state index < -0.39 is 0 Å². The van der Waals surface area contributed by atoms with Gasteiger partial charge in [0.05, 0.1) is 6.61 Å². The third-order valence-corrected chi connectivity index (χ3v) is 2.93. The molecule has 0 radical (unpaired) electrons. The second-order valence-electron chi connectivity index (χ2n) is 4.55. The zero-order valence-corrected chi connectivity index (χ0v) is 11.1. The summed E-state index contributed by atoms with van der Waals surface area (Å²) in [5.74, 6) is 1.03. The molecule has 2 aromatic rings. The highest BCUT2D eigenvalue weighted by Gasteiger charge is 2.05. The predicted molar refractivity (Wildman–Crippen MR) is 76.7 cm³/mol. The molecule has 0 saturated heterocycles. The van der Waals surface area contributed by atoms with E-state index in [1.165, 1.54) is 5.56 Å². The number of hydrogen-bond donors (Lipinski definition) is 0. The van der Waals surface area contributed by atoms with Gasteiger partial charge in [0, 0.05) is 12.0 Å². The molecule has 0 aromatic heterocycles. The summed E-state index contributed by atoms with van der Waals surface area (Å²) in [7, 11) is 0. The maximum Gasteiger partial charge on any atom is 0.163 e. The first kappa shape index (κ1) is 13.3. The SMILES string of the molecule is Cc1ccc(C(=O)CCCOc2ccccc2)cc1. The number of aryl methyl sites for hydroxylation is 1. The van der Waals surface area contributed by atoms with Gasteiger partial charge in [-0.3, -0.25) is 4.79 Å². The molecule has 0 N–H and O–H groups in total. The minimum atomic E-state index is 0.177. The minimum Gasteiger partial charge on any atom is -0.494 e. The number of carbonyl (C=O) groups is 1. The first-order chi connectivity index (χ1) is 9.25. The summed E-state index contributed by atoms with van der Waals surface area (Å²) in [6.07, 6.45) is 1.26. The first-order valence-corrected chi connectivity index (χ1v) is 6.53. The Hall–Kier alpha value is -2.09. The molecule has 0 spiro atoms. The van der Waals surface area contributed by atoms with Gasteiger partial charge < -0.3 is 4.74 Å². The fourth-order valence-corrected chi connectivity index (χ4v) is 1.82. The highest BCUT2D eigenvalue weighted by molar-refractivity contribution is 5.96. The molecule has 98 valence electrons. The fourth-order valence-electron chi connectivity index (χ4n) is 1.82. The average Bonchev–Trinajstić information content (AvgIpc) is 2.45. The van der Waals surface area contributed by atoms with Gasteiger partial charge in [0.2, 0.25) is 0 Å². The largest absolute Gasteiger partial charge is 0.494 e. The van der Waals surface area contributed by atoms with Gasteiger partial charge in [-0.15, -0.1) is 0 Å². The molecular weight excluding hydrogens is 236 g/mol. The lowest BCUT2D eigenvalue weighted by molar-refractivity contribution is 0.0973. The van der Waals surface area contributed by atoms with Crippen molar-refractivity contribution in [3.63, 3.8) is 0 Å². The number of hydrogen-bond acceptors (Lipinski definition) is 2. The summed E-state index contributed by atoms with van der Waals surface area (Å²) < 4.78 is 5.56. The Morgan fingerprint density at radius 1 is 1.00 bits per heavy atom. The zero-order chi connectivity index (χ0) is 13.5. The van der Waals surface area contributed by atoms with Crippen molar-refractivity contribution in [2.75, 3.05) is 6.61 Å². The molecule has 0 fully saturated rings. The number of ether oxygens (including phenoxy) is 1. The fraction of sp³-hybridized carbons (Fsp3) is 0.235. The van der Waals surface area contributed by atoms with Crippen LogP contribution in [-0.4, -0.2) is 12.4 Å². The molecule has 19 heavy (non-hydrogen) atoms. The van der Waals surface area contributed by atoms with Crippen molar-refractivity contribution in [2.45, 2.75) is 19.8 Å². The molecular formula is C17H18O2. The van der Waals surface area contributed by atoms with Crippen LogP contribution in [0.15, 0.2) is 54.6 Å². The van der Waals surface area contributed by atoms with E-state index in [2.05, 4.69) is 0 Å². The predicted octanol–water partition coefficient (Wildman–Crippen LogP) is 4.04. The van der Waals surface area contributed by atoms with Gasteiger partial charge in [-0.1, -0.05) is 48.0 Å². The molecule has 0 heterocycles. The lowest BCUT2D eigenvalue weighted by atomic mass is 10.1. The molecule has 2 aromatic carbocycles. The van der Waals surface area contributed by atoms with Crippen molar-refractivity contribution in [2.24, 2.45) is 0 Å². The van der Waals surface area contributed by atoms with Crippen LogP contribution in [-0.2, 0) is 0 Å². The average molecular weight is 254 g/mol. The van der Waals surface area contributed by atoms with Crippen LogP contribution in [0, 0.1) is 6.92 Å². The maximum absolute atomic E-state index is 11.9. The van der Waals surface area contributed by atoms with Crippen LogP contribution >= 0.6 is 0 Å². The van der Waals surface area contributed by atoms with Gasteiger partial charge >= 0.3 is 0 Å². The second-order valence-corrected chi connectivity index (χ2v) is 4.55. The lowest BCUT2D eigenvalue weighted by Gasteiger charge is -2.05. The lowest BCUT2D eigenvalue weighted by Crippen LogP contribution is -2.03. The Kier molecular flexibility index (Phi) is 4.73. The topological polar surface area (TPSA) is 26.3 Å². The van der Waals surface area contributed by atoms with Crippen molar-refractivity contribution < 1.29 is 9.53 Å². The Labute approximate surface area is 114 Å². The molecule has 0 atom stereocenters. The summed E-state index contributed by atoms with van der Waals surface area (Å²) in [6.45, 7) is 2.59. The van der Waals surface area contributed by atoms with E-state index in [1.807, 2.05) is 61.5 Å². The number of carbonyl (C=O) groups excluding carboxylic acids is 1. The Morgan fingerprint density at radius 3 is 2.37 bits per heavy atom. The zero-order valence-electron chi connectivity index (χ0n) is 11.1. The molecule has 0 saturated carbocycles. The molecule has 0 aliphatic heterocycles. The van der Waals surface area contributed by atoms with Crippen LogP contribution < -0.4 is 4.74 Å². The Balaban J connectivity index is 1.74. The standard InChI is InChI=1S/C17H18O2/c1-14-9-11-15(12-10-14)17(18)8-5-13-19-16-6-3-2-4-7-16/h2-4,6-7,9-12H,5,8,13H2,1H3.